The predicted octanol–water partition coefficient (Wildman–Crippen LogP) is 3.07. The van der Waals surface area contributed by atoms with Gasteiger partial charge in [0.1, 0.15) is 11.6 Å². The van der Waals surface area contributed by atoms with E-state index in [1.807, 2.05) is 0 Å². The second-order valence-electron chi connectivity index (χ2n) is 3.91. The van der Waals surface area contributed by atoms with Crippen LogP contribution in [-0.4, -0.2) is 5.11 Å². The van der Waals surface area contributed by atoms with Gasteiger partial charge in [-0.2, -0.15) is 0 Å². The lowest BCUT2D eigenvalue weighted by Crippen LogP contribution is -2.04. The first-order valence-electron chi connectivity index (χ1n) is 5.71. The Bertz CT molecular complexity index is 590. The zero-order valence-electron chi connectivity index (χ0n) is 10.1. The van der Waals surface area contributed by atoms with Crippen LogP contribution in [0.2, 0.25) is 0 Å². The minimum atomic E-state index is -0.520. The summed E-state index contributed by atoms with van der Waals surface area (Å²) < 4.78 is 27.4. The number of halogens is 2. The fourth-order valence-electron chi connectivity index (χ4n) is 1.72. The Morgan fingerprint density at radius 3 is 2.42 bits per heavy atom. The third kappa shape index (κ3) is 2.94. The van der Waals surface area contributed by atoms with Crippen molar-refractivity contribution in [1.82, 2.24) is 0 Å². The van der Waals surface area contributed by atoms with Crippen LogP contribution in [0, 0.1) is 11.6 Å². The molecule has 0 aliphatic rings. The molecule has 5 heteroatoms. The maximum atomic E-state index is 13.8. The molecule has 0 aliphatic heterocycles. The highest BCUT2D eigenvalue weighted by Gasteiger charge is 2.15. The van der Waals surface area contributed by atoms with Gasteiger partial charge in [-0.15, -0.1) is 0 Å². The Morgan fingerprint density at radius 1 is 1.05 bits per heavy atom. The highest BCUT2D eigenvalue weighted by molar-refractivity contribution is 7.99. The topological polar surface area (TPSA) is 46.2 Å². The van der Waals surface area contributed by atoms with E-state index in [1.165, 1.54) is 0 Å². The fourth-order valence-corrected chi connectivity index (χ4v) is 2.82. The summed E-state index contributed by atoms with van der Waals surface area (Å²) in [6.45, 7) is -0.231. The lowest BCUT2D eigenvalue weighted by atomic mass is 10.2. The first kappa shape index (κ1) is 14.0. The second kappa shape index (κ2) is 6.14. The van der Waals surface area contributed by atoms with E-state index in [2.05, 4.69) is 0 Å². The number of aliphatic hydroxyl groups is 1. The molecule has 0 fully saturated rings. The summed E-state index contributed by atoms with van der Waals surface area (Å²) in [5.74, 6) is -1.03. The molecule has 0 atom stereocenters. The Kier molecular flexibility index (Phi) is 4.52. The van der Waals surface area contributed by atoms with Gasteiger partial charge in [0, 0.05) is 17.0 Å². The largest absolute Gasteiger partial charge is 0.392 e. The minimum Gasteiger partial charge on any atom is -0.392 e. The summed E-state index contributed by atoms with van der Waals surface area (Å²) in [6, 6.07) is 9.20. The molecule has 0 bridgehead atoms. The van der Waals surface area contributed by atoms with E-state index in [0.717, 1.165) is 23.9 Å². The summed E-state index contributed by atoms with van der Waals surface area (Å²) in [5.41, 5.74) is 6.29. The van der Waals surface area contributed by atoms with Crippen LogP contribution >= 0.6 is 11.8 Å². The SMILES string of the molecule is NCc1c(F)ccc(F)c1Sc1ccccc1CO. The summed E-state index contributed by atoms with van der Waals surface area (Å²) in [6.07, 6.45) is 0. The lowest BCUT2D eigenvalue weighted by molar-refractivity contribution is 0.279. The average Bonchev–Trinajstić information content (AvgIpc) is 2.44. The second-order valence-corrected chi connectivity index (χ2v) is 4.96. The predicted molar refractivity (Wildman–Crippen MR) is 70.7 cm³/mol. The number of aliphatic hydroxyl groups excluding tert-OH is 1. The normalized spacial score (nSPS) is 10.7. The molecule has 2 rings (SSSR count). The molecule has 0 amide bonds. The van der Waals surface area contributed by atoms with Crippen molar-refractivity contribution in [3.05, 3.63) is 59.2 Å². The molecule has 0 aliphatic carbocycles. The summed E-state index contributed by atoms with van der Waals surface area (Å²) in [7, 11) is 0. The molecule has 0 spiro atoms. The smallest absolute Gasteiger partial charge is 0.137 e. The maximum absolute atomic E-state index is 13.8. The quantitative estimate of drug-likeness (QED) is 0.905. The van der Waals surface area contributed by atoms with Crippen LogP contribution in [0.4, 0.5) is 8.78 Å². The molecular formula is C14H13F2NOS. The molecular weight excluding hydrogens is 268 g/mol. The Labute approximate surface area is 114 Å². The maximum Gasteiger partial charge on any atom is 0.137 e. The van der Waals surface area contributed by atoms with Crippen molar-refractivity contribution in [3.8, 4) is 0 Å². The van der Waals surface area contributed by atoms with Crippen molar-refractivity contribution in [2.75, 3.05) is 0 Å². The van der Waals surface area contributed by atoms with E-state index in [-0.39, 0.29) is 23.6 Å². The van der Waals surface area contributed by atoms with Gasteiger partial charge in [-0.1, -0.05) is 30.0 Å². The van der Waals surface area contributed by atoms with Crippen LogP contribution in [0.25, 0.3) is 0 Å². The Hall–Kier alpha value is -1.43. The van der Waals surface area contributed by atoms with Crippen molar-refractivity contribution >= 4 is 11.8 Å². The lowest BCUT2D eigenvalue weighted by Gasteiger charge is -2.12. The molecule has 100 valence electrons. The number of hydrogen-bond acceptors (Lipinski definition) is 3. The first-order valence-corrected chi connectivity index (χ1v) is 6.52. The van der Waals surface area contributed by atoms with Crippen molar-refractivity contribution in [2.45, 2.75) is 22.9 Å². The number of benzene rings is 2. The molecule has 0 aromatic heterocycles. The third-order valence-electron chi connectivity index (χ3n) is 2.71. The Morgan fingerprint density at radius 2 is 1.74 bits per heavy atom. The van der Waals surface area contributed by atoms with E-state index in [9.17, 15) is 13.9 Å². The van der Waals surface area contributed by atoms with Crippen LogP contribution in [0.3, 0.4) is 0 Å². The van der Waals surface area contributed by atoms with Crippen molar-refractivity contribution in [3.63, 3.8) is 0 Å². The Balaban J connectivity index is 2.46. The van der Waals surface area contributed by atoms with E-state index < -0.39 is 11.6 Å². The van der Waals surface area contributed by atoms with E-state index in [1.54, 1.807) is 24.3 Å². The van der Waals surface area contributed by atoms with Crippen molar-refractivity contribution in [2.24, 2.45) is 5.73 Å². The highest BCUT2D eigenvalue weighted by Crippen LogP contribution is 2.35. The standard InChI is InChI=1S/C14H13F2NOS/c15-11-5-6-12(16)14(10(11)7-17)19-13-4-2-1-3-9(13)8-18/h1-6,18H,7-8,17H2. The molecule has 0 radical (unpaired) electrons. The molecule has 0 unspecified atom stereocenters. The first-order chi connectivity index (χ1) is 9.17. The molecule has 3 N–H and O–H groups in total. The van der Waals surface area contributed by atoms with Crippen molar-refractivity contribution in [1.29, 1.82) is 0 Å². The highest BCUT2D eigenvalue weighted by atomic mass is 32.2. The van der Waals surface area contributed by atoms with Gasteiger partial charge in [-0.05, 0) is 23.8 Å². The summed E-state index contributed by atoms with van der Waals surface area (Å²) in [4.78, 5) is 0.854. The molecule has 0 heterocycles. The van der Waals surface area contributed by atoms with E-state index in [0.29, 0.717) is 10.5 Å². The van der Waals surface area contributed by atoms with Gasteiger partial charge in [0.2, 0.25) is 0 Å². The molecule has 0 saturated carbocycles. The van der Waals surface area contributed by atoms with Crippen molar-refractivity contribution < 1.29 is 13.9 Å². The van der Waals surface area contributed by atoms with Gasteiger partial charge < -0.3 is 10.8 Å². The number of hydrogen-bond donors (Lipinski definition) is 2. The van der Waals surface area contributed by atoms with Gasteiger partial charge in [0.25, 0.3) is 0 Å². The van der Waals surface area contributed by atoms with Crippen LogP contribution < -0.4 is 5.73 Å². The van der Waals surface area contributed by atoms with Gasteiger partial charge in [-0.3, -0.25) is 0 Å². The van der Waals surface area contributed by atoms with Crippen LogP contribution in [-0.2, 0) is 13.2 Å². The van der Waals surface area contributed by atoms with Gasteiger partial charge >= 0.3 is 0 Å². The van der Waals surface area contributed by atoms with E-state index >= 15 is 0 Å². The molecule has 19 heavy (non-hydrogen) atoms. The zero-order valence-corrected chi connectivity index (χ0v) is 10.9. The monoisotopic (exact) mass is 281 g/mol. The number of rotatable bonds is 4. The molecule has 2 aromatic carbocycles. The summed E-state index contributed by atoms with van der Waals surface area (Å²) in [5, 5.41) is 9.24. The minimum absolute atomic E-state index is 0.0762. The van der Waals surface area contributed by atoms with Gasteiger partial charge in [0.05, 0.1) is 11.5 Å². The fraction of sp³-hybridized carbons (Fsp3) is 0.143. The van der Waals surface area contributed by atoms with Crippen LogP contribution in [0.5, 0.6) is 0 Å². The average molecular weight is 281 g/mol. The molecule has 2 nitrogen and oxygen atoms in total. The van der Waals surface area contributed by atoms with Crippen LogP contribution in [0.1, 0.15) is 11.1 Å². The number of nitrogens with two attached hydrogens (primary N) is 1. The van der Waals surface area contributed by atoms with Gasteiger partial charge in [0.15, 0.2) is 0 Å². The molecule has 2 aromatic rings. The zero-order chi connectivity index (χ0) is 13.8. The summed E-state index contributed by atoms with van der Waals surface area (Å²) >= 11 is 1.08. The van der Waals surface area contributed by atoms with Gasteiger partial charge in [-0.25, -0.2) is 8.78 Å². The molecule has 0 saturated heterocycles. The van der Waals surface area contributed by atoms with E-state index in [4.69, 9.17) is 5.73 Å². The van der Waals surface area contributed by atoms with Crippen LogP contribution in [0.15, 0.2) is 46.2 Å². The third-order valence-corrected chi connectivity index (χ3v) is 3.98.